The maximum atomic E-state index is 12.1. The van der Waals surface area contributed by atoms with Gasteiger partial charge in [0, 0.05) is 10.4 Å². The summed E-state index contributed by atoms with van der Waals surface area (Å²) in [5.74, 6) is 0.522. The molecule has 1 aliphatic carbocycles. The normalized spacial score (nSPS) is 15.2. The van der Waals surface area contributed by atoms with Gasteiger partial charge in [-0.15, -0.1) is 0 Å². The van der Waals surface area contributed by atoms with Crippen LogP contribution >= 0.6 is 31.9 Å². The molecule has 1 saturated carbocycles. The van der Waals surface area contributed by atoms with Gasteiger partial charge in [0.1, 0.15) is 4.47 Å². The first-order valence-electron chi connectivity index (χ1n) is 5.43. The van der Waals surface area contributed by atoms with Crippen LogP contribution in [0.25, 0.3) is 5.69 Å². The maximum absolute atomic E-state index is 12.1. The first kappa shape index (κ1) is 11.3. The summed E-state index contributed by atoms with van der Waals surface area (Å²) >= 11 is 6.76. The second kappa shape index (κ2) is 4.14. The van der Waals surface area contributed by atoms with Gasteiger partial charge in [-0.3, -0.25) is 9.89 Å². The molecule has 88 valence electrons. The third-order valence-electron chi connectivity index (χ3n) is 2.93. The molecule has 0 bridgehead atoms. The fourth-order valence-electron chi connectivity index (χ4n) is 1.85. The minimum Gasteiger partial charge on any atom is -0.294 e. The molecule has 1 aromatic carbocycles. The summed E-state index contributed by atoms with van der Waals surface area (Å²) in [6.07, 6.45) is 2.33. The molecule has 1 aromatic heterocycles. The van der Waals surface area contributed by atoms with Gasteiger partial charge in [-0.1, -0.05) is 15.9 Å². The molecule has 0 unspecified atom stereocenters. The van der Waals surface area contributed by atoms with E-state index in [4.69, 9.17) is 0 Å². The van der Waals surface area contributed by atoms with Gasteiger partial charge < -0.3 is 0 Å². The molecule has 3 rings (SSSR count). The minimum atomic E-state index is -0.0192. The van der Waals surface area contributed by atoms with E-state index in [2.05, 4.69) is 37.0 Å². The predicted octanol–water partition coefficient (Wildman–Crippen LogP) is 3.57. The number of nitrogens with one attached hydrogen (secondary N) is 1. The van der Waals surface area contributed by atoms with E-state index in [9.17, 15) is 4.79 Å². The van der Waals surface area contributed by atoms with Crippen molar-refractivity contribution in [1.82, 2.24) is 9.78 Å². The number of hydrogen-bond donors (Lipinski definition) is 1. The van der Waals surface area contributed by atoms with Gasteiger partial charge in [-0.05, 0) is 53.0 Å². The second-order valence-corrected chi connectivity index (χ2v) is 5.94. The molecule has 17 heavy (non-hydrogen) atoms. The van der Waals surface area contributed by atoms with Gasteiger partial charge in [0.15, 0.2) is 0 Å². The van der Waals surface area contributed by atoms with Gasteiger partial charge in [0.05, 0.1) is 11.4 Å². The van der Waals surface area contributed by atoms with Crippen LogP contribution in [0.15, 0.2) is 38.0 Å². The Bertz CT molecular complexity index is 608. The number of nitrogens with zero attached hydrogens (tertiary/aromatic N) is 1. The Morgan fingerprint density at radius 3 is 2.41 bits per heavy atom. The highest BCUT2D eigenvalue weighted by Gasteiger charge is 2.29. The molecule has 0 aliphatic heterocycles. The van der Waals surface area contributed by atoms with Crippen molar-refractivity contribution in [2.24, 2.45) is 0 Å². The number of halogens is 2. The third-order valence-corrected chi connectivity index (χ3v) is 4.23. The first-order valence-corrected chi connectivity index (χ1v) is 7.02. The van der Waals surface area contributed by atoms with Gasteiger partial charge in [-0.2, -0.15) is 0 Å². The highest BCUT2D eigenvalue weighted by atomic mass is 79.9. The average Bonchev–Trinajstić information content (AvgIpc) is 3.11. The molecule has 0 spiro atoms. The molecule has 1 N–H and O–H groups in total. The lowest BCUT2D eigenvalue weighted by molar-refractivity contribution is 0.816. The molecule has 3 nitrogen and oxygen atoms in total. The zero-order valence-corrected chi connectivity index (χ0v) is 12.1. The van der Waals surface area contributed by atoms with Crippen molar-refractivity contribution in [3.63, 3.8) is 0 Å². The molecule has 0 atom stereocenters. The fourth-order valence-corrected chi connectivity index (χ4v) is 2.70. The molecule has 2 aromatic rings. The summed E-state index contributed by atoms with van der Waals surface area (Å²) in [6, 6.07) is 7.66. The van der Waals surface area contributed by atoms with Crippen LogP contribution in [-0.4, -0.2) is 9.78 Å². The number of benzene rings is 1. The van der Waals surface area contributed by atoms with Gasteiger partial charge in [-0.25, -0.2) is 4.68 Å². The fraction of sp³-hybridized carbons (Fsp3) is 0.250. The molecule has 5 heteroatoms. The van der Waals surface area contributed by atoms with Gasteiger partial charge in [0.2, 0.25) is 0 Å². The summed E-state index contributed by atoms with van der Waals surface area (Å²) in [5.41, 5.74) is 1.86. The van der Waals surface area contributed by atoms with Crippen LogP contribution in [-0.2, 0) is 0 Å². The van der Waals surface area contributed by atoms with Crippen molar-refractivity contribution >= 4 is 31.9 Å². The van der Waals surface area contributed by atoms with E-state index in [0.717, 1.165) is 15.9 Å². The van der Waals surface area contributed by atoms with Crippen molar-refractivity contribution in [3.8, 4) is 5.69 Å². The number of aromatic amines is 1. The smallest absolute Gasteiger partial charge is 0.285 e. The molecule has 0 radical (unpaired) electrons. The molecule has 0 saturated heterocycles. The van der Waals surface area contributed by atoms with Crippen molar-refractivity contribution in [1.29, 1.82) is 0 Å². The SMILES string of the molecule is O=c1c(Br)c(C2CC2)[nH]n1-c1ccc(Br)cc1. The van der Waals surface area contributed by atoms with Crippen molar-refractivity contribution in [2.45, 2.75) is 18.8 Å². The number of H-pyrrole nitrogens is 1. The first-order chi connectivity index (χ1) is 8.16. The Kier molecular flexibility index (Phi) is 2.75. The van der Waals surface area contributed by atoms with Crippen LogP contribution in [0.2, 0.25) is 0 Å². The summed E-state index contributed by atoms with van der Waals surface area (Å²) in [6.45, 7) is 0. The molecule has 1 heterocycles. The van der Waals surface area contributed by atoms with Crippen LogP contribution in [0.5, 0.6) is 0 Å². The van der Waals surface area contributed by atoms with Crippen LogP contribution in [0.4, 0.5) is 0 Å². The van der Waals surface area contributed by atoms with E-state index in [1.807, 2.05) is 24.3 Å². The Morgan fingerprint density at radius 2 is 1.82 bits per heavy atom. The van der Waals surface area contributed by atoms with Crippen LogP contribution in [0.1, 0.15) is 24.5 Å². The zero-order chi connectivity index (χ0) is 12.0. The van der Waals surface area contributed by atoms with Crippen molar-refractivity contribution in [3.05, 3.63) is 49.3 Å². The second-order valence-electron chi connectivity index (χ2n) is 4.23. The van der Waals surface area contributed by atoms with E-state index in [-0.39, 0.29) is 5.56 Å². The average molecular weight is 358 g/mol. The Morgan fingerprint density at radius 1 is 1.18 bits per heavy atom. The number of rotatable bonds is 2. The molecular weight excluding hydrogens is 348 g/mol. The lowest BCUT2D eigenvalue weighted by Crippen LogP contribution is -2.14. The largest absolute Gasteiger partial charge is 0.294 e. The van der Waals surface area contributed by atoms with Crippen molar-refractivity contribution < 1.29 is 0 Å². The van der Waals surface area contributed by atoms with Crippen LogP contribution < -0.4 is 5.56 Å². The third kappa shape index (κ3) is 2.02. The number of hydrogen-bond acceptors (Lipinski definition) is 1. The monoisotopic (exact) mass is 356 g/mol. The lowest BCUT2D eigenvalue weighted by Gasteiger charge is -2.01. The zero-order valence-electron chi connectivity index (χ0n) is 8.91. The molecule has 1 aliphatic rings. The van der Waals surface area contributed by atoms with Crippen LogP contribution in [0, 0.1) is 0 Å². The summed E-state index contributed by atoms with van der Waals surface area (Å²) < 4.78 is 3.26. The lowest BCUT2D eigenvalue weighted by atomic mass is 10.3. The highest BCUT2D eigenvalue weighted by Crippen LogP contribution is 2.41. The van der Waals surface area contributed by atoms with Gasteiger partial charge >= 0.3 is 0 Å². The van der Waals surface area contributed by atoms with Crippen LogP contribution in [0.3, 0.4) is 0 Å². The van der Waals surface area contributed by atoms with E-state index in [1.54, 1.807) is 4.68 Å². The standard InChI is InChI=1S/C12H10Br2N2O/c13-8-3-5-9(6-4-8)16-12(17)10(14)11(15-16)7-1-2-7/h3-7,15H,1-2H2. The maximum Gasteiger partial charge on any atom is 0.285 e. The summed E-state index contributed by atoms with van der Waals surface area (Å²) in [7, 11) is 0. The van der Waals surface area contributed by atoms with E-state index >= 15 is 0 Å². The van der Waals surface area contributed by atoms with E-state index in [1.165, 1.54) is 12.8 Å². The molecular formula is C12H10Br2N2O. The Balaban J connectivity index is 2.11. The summed E-state index contributed by atoms with van der Waals surface area (Å²) in [4.78, 5) is 12.1. The quantitative estimate of drug-likeness (QED) is 0.876. The molecule has 0 amide bonds. The van der Waals surface area contributed by atoms with E-state index in [0.29, 0.717) is 10.4 Å². The Hall–Kier alpha value is -0.810. The Labute approximate surface area is 115 Å². The van der Waals surface area contributed by atoms with E-state index < -0.39 is 0 Å². The summed E-state index contributed by atoms with van der Waals surface area (Å²) in [5, 5.41) is 3.19. The topological polar surface area (TPSA) is 37.8 Å². The van der Waals surface area contributed by atoms with Crippen molar-refractivity contribution in [2.75, 3.05) is 0 Å². The number of aromatic nitrogens is 2. The van der Waals surface area contributed by atoms with Gasteiger partial charge in [0.25, 0.3) is 5.56 Å². The highest BCUT2D eigenvalue weighted by molar-refractivity contribution is 9.10. The predicted molar refractivity (Wildman–Crippen MR) is 73.8 cm³/mol. The molecule has 1 fully saturated rings. The minimum absolute atomic E-state index is 0.0192.